The number of carbonyl (C=O) groups excluding carboxylic acids is 1. The molecule has 0 aliphatic heterocycles. The van der Waals surface area contributed by atoms with E-state index < -0.39 is 12.2 Å². The number of carbonyl (C=O) groups is 1. The number of ketones is 1. The SMILES string of the molecule is CC(=O)C#CC(C)O.CCCCCCSc1nc(C)cc(C(C)O)n1. The van der Waals surface area contributed by atoms with Gasteiger partial charge in [-0.2, -0.15) is 0 Å². The fraction of sp³-hybridized carbons (Fsp3) is 0.632. The van der Waals surface area contributed by atoms with E-state index in [4.69, 9.17) is 5.11 Å². The number of aliphatic hydroxyl groups is 2. The van der Waals surface area contributed by atoms with Crippen LogP contribution in [0.4, 0.5) is 0 Å². The van der Waals surface area contributed by atoms with Gasteiger partial charge in [-0.05, 0) is 39.2 Å². The highest BCUT2D eigenvalue weighted by Gasteiger charge is 2.07. The summed E-state index contributed by atoms with van der Waals surface area (Å²) in [5.41, 5.74) is 1.64. The maximum absolute atomic E-state index is 10.1. The minimum absolute atomic E-state index is 0.217. The van der Waals surface area contributed by atoms with Crippen molar-refractivity contribution in [3.63, 3.8) is 0 Å². The zero-order valence-corrected chi connectivity index (χ0v) is 16.7. The maximum Gasteiger partial charge on any atom is 0.202 e. The van der Waals surface area contributed by atoms with E-state index in [-0.39, 0.29) is 5.78 Å². The highest BCUT2D eigenvalue weighted by molar-refractivity contribution is 7.99. The Morgan fingerprint density at radius 1 is 1.24 bits per heavy atom. The van der Waals surface area contributed by atoms with Crippen LogP contribution < -0.4 is 0 Å². The fourth-order valence-electron chi connectivity index (χ4n) is 1.74. The van der Waals surface area contributed by atoms with Crippen molar-refractivity contribution in [2.45, 2.75) is 77.7 Å². The van der Waals surface area contributed by atoms with Gasteiger partial charge in [-0.25, -0.2) is 9.97 Å². The molecule has 140 valence electrons. The number of aromatic nitrogens is 2. The second-order valence-electron chi connectivity index (χ2n) is 5.80. The number of nitrogens with zero attached hydrogens (tertiary/aromatic N) is 2. The first-order valence-electron chi connectivity index (χ1n) is 8.62. The molecule has 0 saturated carbocycles. The zero-order chi connectivity index (χ0) is 19.2. The van der Waals surface area contributed by atoms with E-state index in [0.29, 0.717) is 5.69 Å². The molecule has 0 aliphatic rings. The molecule has 1 rings (SSSR count). The molecule has 0 aromatic carbocycles. The van der Waals surface area contributed by atoms with Crippen molar-refractivity contribution in [2.75, 3.05) is 5.75 Å². The monoisotopic (exact) mass is 366 g/mol. The summed E-state index contributed by atoms with van der Waals surface area (Å²) in [6, 6.07) is 1.84. The van der Waals surface area contributed by atoms with Crippen LogP contribution in [0.15, 0.2) is 11.2 Å². The van der Waals surface area contributed by atoms with Crippen molar-refractivity contribution in [2.24, 2.45) is 0 Å². The lowest BCUT2D eigenvalue weighted by Gasteiger charge is -2.07. The van der Waals surface area contributed by atoms with Crippen molar-refractivity contribution in [1.82, 2.24) is 9.97 Å². The second-order valence-corrected chi connectivity index (χ2v) is 6.87. The van der Waals surface area contributed by atoms with Crippen molar-refractivity contribution in [3.8, 4) is 11.8 Å². The quantitative estimate of drug-likeness (QED) is 0.253. The number of aryl methyl sites for hydroxylation is 1. The molecule has 0 bridgehead atoms. The fourth-order valence-corrected chi connectivity index (χ4v) is 2.65. The van der Waals surface area contributed by atoms with Gasteiger partial charge in [-0.1, -0.05) is 43.9 Å². The second kappa shape index (κ2) is 13.8. The van der Waals surface area contributed by atoms with Gasteiger partial charge in [0.15, 0.2) is 5.16 Å². The molecule has 0 radical (unpaired) electrons. The number of rotatable bonds is 7. The molecule has 0 amide bonds. The number of aliphatic hydroxyl groups excluding tert-OH is 2. The molecule has 1 aromatic rings. The highest BCUT2D eigenvalue weighted by atomic mass is 32.2. The van der Waals surface area contributed by atoms with E-state index in [2.05, 4.69) is 28.7 Å². The number of thioether (sulfide) groups is 1. The summed E-state index contributed by atoms with van der Waals surface area (Å²) < 4.78 is 0. The average molecular weight is 367 g/mol. The van der Waals surface area contributed by atoms with Gasteiger partial charge in [0.2, 0.25) is 5.78 Å². The summed E-state index contributed by atoms with van der Waals surface area (Å²) in [4.78, 5) is 18.8. The molecule has 0 saturated heterocycles. The average Bonchev–Trinajstić information content (AvgIpc) is 2.53. The summed E-state index contributed by atoms with van der Waals surface area (Å²) >= 11 is 1.68. The summed E-state index contributed by atoms with van der Waals surface area (Å²) in [5.74, 6) is 5.35. The Labute approximate surface area is 155 Å². The van der Waals surface area contributed by atoms with Crippen LogP contribution in [0.5, 0.6) is 0 Å². The largest absolute Gasteiger partial charge is 0.387 e. The molecule has 2 N–H and O–H groups in total. The van der Waals surface area contributed by atoms with E-state index in [1.807, 2.05) is 13.0 Å². The van der Waals surface area contributed by atoms with E-state index in [1.54, 1.807) is 18.7 Å². The van der Waals surface area contributed by atoms with Gasteiger partial charge in [0.05, 0.1) is 11.8 Å². The van der Waals surface area contributed by atoms with Crippen LogP contribution in [0.2, 0.25) is 0 Å². The normalized spacial score (nSPS) is 12.3. The van der Waals surface area contributed by atoms with E-state index in [9.17, 15) is 9.90 Å². The minimum Gasteiger partial charge on any atom is -0.387 e. The van der Waals surface area contributed by atoms with Gasteiger partial charge in [0, 0.05) is 18.4 Å². The topological polar surface area (TPSA) is 83.3 Å². The predicted molar refractivity (Wildman–Crippen MR) is 102 cm³/mol. The molecule has 25 heavy (non-hydrogen) atoms. The smallest absolute Gasteiger partial charge is 0.202 e. The van der Waals surface area contributed by atoms with Crippen LogP contribution in [0.1, 0.15) is 70.9 Å². The summed E-state index contributed by atoms with van der Waals surface area (Å²) in [6.07, 6.45) is 3.83. The summed E-state index contributed by atoms with van der Waals surface area (Å²) in [6.45, 7) is 8.75. The zero-order valence-electron chi connectivity index (χ0n) is 15.9. The molecule has 6 heteroatoms. The van der Waals surface area contributed by atoms with Crippen LogP contribution >= 0.6 is 11.8 Å². The molecule has 5 nitrogen and oxygen atoms in total. The standard InChI is InChI=1S/C13H22N2OS.C6H8O2/c1-4-5-6-7-8-17-13-14-10(2)9-12(15-13)11(3)16;1-5(7)3-4-6(2)8/h9,11,16H,4-8H2,1-3H3;5,7H,1-2H3. The first-order valence-corrected chi connectivity index (χ1v) is 9.61. The Bertz CT molecular complexity index is 578. The first kappa shape index (κ1) is 23.6. The first-order chi connectivity index (χ1) is 11.8. The van der Waals surface area contributed by atoms with E-state index >= 15 is 0 Å². The molecule has 2 unspecified atom stereocenters. The van der Waals surface area contributed by atoms with Crippen LogP contribution in [0.3, 0.4) is 0 Å². The van der Waals surface area contributed by atoms with Crippen LogP contribution in [-0.2, 0) is 4.79 Å². The van der Waals surface area contributed by atoms with Crippen LogP contribution in [0.25, 0.3) is 0 Å². The summed E-state index contributed by atoms with van der Waals surface area (Å²) in [5, 5.41) is 18.8. The Kier molecular flexibility index (Phi) is 13.0. The number of hydrogen-bond donors (Lipinski definition) is 2. The minimum atomic E-state index is -0.695. The number of hydrogen-bond acceptors (Lipinski definition) is 6. The Morgan fingerprint density at radius 3 is 2.40 bits per heavy atom. The third kappa shape index (κ3) is 13.5. The van der Waals surface area contributed by atoms with Gasteiger partial charge in [0.1, 0.15) is 6.10 Å². The van der Waals surface area contributed by atoms with Crippen molar-refractivity contribution in [3.05, 3.63) is 17.5 Å². The Morgan fingerprint density at radius 2 is 1.92 bits per heavy atom. The molecule has 0 fully saturated rings. The van der Waals surface area contributed by atoms with Crippen LogP contribution in [0, 0.1) is 18.8 Å². The molecular weight excluding hydrogens is 336 g/mol. The molecule has 0 aliphatic carbocycles. The van der Waals surface area contributed by atoms with Gasteiger partial charge < -0.3 is 10.2 Å². The molecule has 0 spiro atoms. The summed E-state index contributed by atoms with van der Waals surface area (Å²) in [7, 11) is 0. The lowest BCUT2D eigenvalue weighted by atomic mass is 10.2. The van der Waals surface area contributed by atoms with Crippen LogP contribution in [-0.4, -0.2) is 37.8 Å². The van der Waals surface area contributed by atoms with Crippen molar-refractivity contribution in [1.29, 1.82) is 0 Å². The predicted octanol–water partition coefficient (Wildman–Crippen LogP) is 3.47. The number of unbranched alkanes of at least 4 members (excludes halogenated alkanes) is 3. The molecular formula is C19H30N2O3S. The molecule has 1 aromatic heterocycles. The van der Waals surface area contributed by atoms with Gasteiger partial charge in [0.25, 0.3) is 0 Å². The Hall–Kier alpha value is -1.42. The third-order valence-corrected chi connectivity index (χ3v) is 3.90. The van der Waals surface area contributed by atoms with E-state index in [1.165, 1.54) is 39.5 Å². The van der Waals surface area contributed by atoms with Crippen molar-refractivity contribution >= 4 is 17.5 Å². The van der Waals surface area contributed by atoms with Gasteiger partial charge in [-0.15, -0.1) is 0 Å². The van der Waals surface area contributed by atoms with Crippen molar-refractivity contribution < 1.29 is 15.0 Å². The van der Waals surface area contributed by atoms with Gasteiger partial charge in [-0.3, -0.25) is 4.79 Å². The highest BCUT2D eigenvalue weighted by Crippen LogP contribution is 2.19. The maximum atomic E-state index is 10.1. The molecule has 1 heterocycles. The third-order valence-electron chi connectivity index (χ3n) is 2.97. The van der Waals surface area contributed by atoms with E-state index in [0.717, 1.165) is 16.6 Å². The lowest BCUT2D eigenvalue weighted by molar-refractivity contribution is -0.111. The number of Topliss-reactive ketones (excluding diaryl/α,β-unsaturated/α-hetero) is 1. The molecule has 2 atom stereocenters. The lowest BCUT2D eigenvalue weighted by Crippen LogP contribution is -2.00. The van der Waals surface area contributed by atoms with Gasteiger partial charge >= 0.3 is 0 Å². The Balaban J connectivity index is 0.000000609.